The lowest BCUT2D eigenvalue weighted by atomic mass is 10.1. The number of sulfonamides is 1. The minimum Gasteiger partial charge on any atom is -0.354 e. The first kappa shape index (κ1) is 30.9. The minimum absolute atomic E-state index is 0.0966. The number of nitrogens with one attached hydrogen (secondary N) is 1. The van der Waals surface area contributed by atoms with E-state index in [4.69, 9.17) is 0 Å². The number of aryl methyl sites for hydroxylation is 3. The maximum atomic E-state index is 14.1. The molecule has 3 aromatic rings. The molecule has 0 radical (unpaired) electrons. The second-order valence-corrected chi connectivity index (χ2v) is 12.6. The molecule has 40 heavy (non-hydrogen) atoms. The number of benzene rings is 3. The van der Waals surface area contributed by atoms with E-state index in [9.17, 15) is 18.0 Å². The van der Waals surface area contributed by atoms with Crippen molar-refractivity contribution in [2.45, 2.75) is 65.4 Å². The lowest BCUT2D eigenvalue weighted by Gasteiger charge is -2.33. The van der Waals surface area contributed by atoms with E-state index < -0.39 is 28.5 Å². The lowest BCUT2D eigenvalue weighted by molar-refractivity contribution is -0.140. The van der Waals surface area contributed by atoms with Gasteiger partial charge in [-0.3, -0.25) is 13.9 Å². The van der Waals surface area contributed by atoms with Gasteiger partial charge in [-0.05, 0) is 68.5 Å². The van der Waals surface area contributed by atoms with Crippen LogP contribution in [0.5, 0.6) is 0 Å². The van der Waals surface area contributed by atoms with E-state index in [1.54, 1.807) is 42.5 Å². The van der Waals surface area contributed by atoms with Gasteiger partial charge in [-0.2, -0.15) is 0 Å². The minimum atomic E-state index is -4.08. The van der Waals surface area contributed by atoms with E-state index in [0.717, 1.165) is 26.6 Å². The molecule has 0 aromatic heterocycles. The first-order chi connectivity index (χ1) is 18.9. The Bertz CT molecular complexity index is 1420. The van der Waals surface area contributed by atoms with Gasteiger partial charge >= 0.3 is 0 Å². The highest BCUT2D eigenvalue weighted by molar-refractivity contribution is 7.92. The Labute approximate surface area is 239 Å². The molecule has 3 rings (SSSR count). The monoisotopic (exact) mass is 563 g/mol. The third-order valence-corrected chi connectivity index (χ3v) is 8.47. The Morgan fingerprint density at radius 1 is 0.850 bits per heavy atom. The second kappa shape index (κ2) is 13.6. The zero-order valence-corrected chi connectivity index (χ0v) is 25.2. The predicted octanol–water partition coefficient (Wildman–Crippen LogP) is 5.39. The first-order valence-electron chi connectivity index (χ1n) is 13.7. The summed E-state index contributed by atoms with van der Waals surface area (Å²) in [5.41, 5.74) is 4.09. The van der Waals surface area contributed by atoms with E-state index in [2.05, 4.69) is 5.32 Å². The molecule has 0 fully saturated rings. The molecular weight excluding hydrogens is 522 g/mol. The molecule has 1 N–H and O–H groups in total. The fraction of sp³-hybridized carbons (Fsp3) is 0.375. The molecule has 0 aliphatic rings. The lowest BCUT2D eigenvalue weighted by Crippen LogP contribution is -2.52. The molecule has 1 atom stereocenters. The number of rotatable bonds is 12. The third-order valence-electron chi connectivity index (χ3n) is 6.68. The molecule has 3 aromatic carbocycles. The van der Waals surface area contributed by atoms with Gasteiger partial charge in [0.2, 0.25) is 11.8 Å². The van der Waals surface area contributed by atoms with E-state index >= 15 is 0 Å². The molecule has 214 valence electrons. The topological polar surface area (TPSA) is 86.8 Å². The number of hydrogen-bond donors (Lipinski definition) is 1. The summed E-state index contributed by atoms with van der Waals surface area (Å²) >= 11 is 0. The number of amides is 2. The second-order valence-electron chi connectivity index (χ2n) is 10.7. The normalized spacial score (nSPS) is 12.2. The van der Waals surface area contributed by atoms with Gasteiger partial charge in [0.25, 0.3) is 10.0 Å². The van der Waals surface area contributed by atoms with E-state index in [1.165, 1.54) is 4.90 Å². The number of nitrogens with zero attached hydrogens (tertiary/aromatic N) is 2. The van der Waals surface area contributed by atoms with E-state index in [-0.39, 0.29) is 23.3 Å². The van der Waals surface area contributed by atoms with Crippen LogP contribution in [0.4, 0.5) is 5.69 Å². The van der Waals surface area contributed by atoms with Crippen LogP contribution in [0, 0.1) is 26.7 Å². The van der Waals surface area contributed by atoms with Crippen LogP contribution in [-0.4, -0.2) is 44.3 Å². The number of carbonyl (C=O) groups is 2. The van der Waals surface area contributed by atoms with Crippen molar-refractivity contribution in [2.24, 2.45) is 5.92 Å². The fourth-order valence-corrected chi connectivity index (χ4v) is 5.90. The van der Waals surface area contributed by atoms with Crippen LogP contribution in [-0.2, 0) is 26.2 Å². The van der Waals surface area contributed by atoms with E-state index in [0.29, 0.717) is 18.7 Å². The van der Waals surface area contributed by atoms with Crippen molar-refractivity contribution < 1.29 is 18.0 Å². The van der Waals surface area contributed by atoms with Crippen molar-refractivity contribution in [3.05, 3.63) is 95.1 Å². The molecule has 0 saturated carbocycles. The molecule has 0 bridgehead atoms. The van der Waals surface area contributed by atoms with Gasteiger partial charge in [-0.1, -0.05) is 80.4 Å². The smallest absolute Gasteiger partial charge is 0.264 e. The average molecular weight is 564 g/mol. The Kier molecular flexibility index (Phi) is 10.5. The fourth-order valence-electron chi connectivity index (χ4n) is 4.50. The molecule has 0 aliphatic heterocycles. The van der Waals surface area contributed by atoms with Crippen LogP contribution < -0.4 is 9.62 Å². The highest BCUT2D eigenvalue weighted by atomic mass is 32.2. The van der Waals surface area contributed by atoms with Gasteiger partial charge in [0.1, 0.15) is 12.6 Å². The molecule has 0 heterocycles. The van der Waals surface area contributed by atoms with E-state index in [1.807, 2.05) is 71.9 Å². The summed E-state index contributed by atoms with van der Waals surface area (Å²) < 4.78 is 29.0. The first-order valence-corrected chi connectivity index (χ1v) is 15.1. The predicted molar refractivity (Wildman–Crippen MR) is 161 cm³/mol. The maximum absolute atomic E-state index is 14.1. The quantitative estimate of drug-likeness (QED) is 0.320. The summed E-state index contributed by atoms with van der Waals surface area (Å²) in [5, 5.41) is 2.95. The van der Waals surface area contributed by atoms with Gasteiger partial charge in [-0.15, -0.1) is 0 Å². The van der Waals surface area contributed by atoms with Gasteiger partial charge < -0.3 is 10.2 Å². The van der Waals surface area contributed by atoms with Crippen LogP contribution in [0.15, 0.2) is 77.7 Å². The Morgan fingerprint density at radius 2 is 1.48 bits per heavy atom. The van der Waals surface area contributed by atoms with Crippen molar-refractivity contribution in [3.63, 3.8) is 0 Å². The molecule has 1 unspecified atom stereocenters. The van der Waals surface area contributed by atoms with Gasteiger partial charge in [-0.25, -0.2) is 8.42 Å². The molecule has 8 heteroatoms. The zero-order valence-electron chi connectivity index (χ0n) is 24.3. The van der Waals surface area contributed by atoms with Gasteiger partial charge in [0.05, 0.1) is 10.6 Å². The SMILES string of the molecule is CCC(C(=O)NCC(C)C)N(Cc1cccc(C)c1)C(=O)CN(c1cccc(C)c1)S(=O)(=O)c1ccc(C)cc1. The summed E-state index contributed by atoms with van der Waals surface area (Å²) in [6.07, 6.45) is 0.386. The van der Waals surface area contributed by atoms with Gasteiger partial charge in [0, 0.05) is 13.1 Å². The van der Waals surface area contributed by atoms with Crippen LogP contribution in [0.1, 0.15) is 49.4 Å². The molecular formula is C32H41N3O4S. The Balaban J connectivity index is 2.05. The van der Waals surface area contributed by atoms with Crippen LogP contribution >= 0.6 is 0 Å². The highest BCUT2D eigenvalue weighted by Gasteiger charge is 2.33. The van der Waals surface area contributed by atoms with Crippen LogP contribution in [0.25, 0.3) is 0 Å². The van der Waals surface area contributed by atoms with Crippen molar-refractivity contribution in [2.75, 3.05) is 17.4 Å². The maximum Gasteiger partial charge on any atom is 0.264 e. The van der Waals surface area contributed by atoms with Crippen LogP contribution in [0.3, 0.4) is 0 Å². The summed E-state index contributed by atoms with van der Waals surface area (Å²) in [6, 6.07) is 20.7. The standard InChI is InChI=1S/C32H41N3O4S/c1-7-30(32(37)33-20-23(2)3)34(21-27-12-8-10-25(5)18-27)31(36)22-35(28-13-9-11-26(6)19-28)40(38,39)29-16-14-24(4)15-17-29/h8-19,23,30H,7,20-22H2,1-6H3,(H,33,37). The van der Waals surface area contributed by atoms with Crippen molar-refractivity contribution in [1.29, 1.82) is 0 Å². The summed E-state index contributed by atoms with van der Waals surface area (Å²) in [7, 11) is -4.08. The Morgan fingerprint density at radius 3 is 2.05 bits per heavy atom. The summed E-state index contributed by atoms with van der Waals surface area (Å²) in [4.78, 5) is 29.0. The summed E-state index contributed by atoms with van der Waals surface area (Å²) in [5.74, 6) is -0.454. The van der Waals surface area contributed by atoms with Crippen molar-refractivity contribution in [1.82, 2.24) is 10.2 Å². The number of anilines is 1. The van der Waals surface area contributed by atoms with Gasteiger partial charge in [0.15, 0.2) is 0 Å². The number of hydrogen-bond acceptors (Lipinski definition) is 4. The van der Waals surface area contributed by atoms with Crippen molar-refractivity contribution >= 4 is 27.5 Å². The largest absolute Gasteiger partial charge is 0.354 e. The average Bonchev–Trinajstić information content (AvgIpc) is 2.90. The Hall–Kier alpha value is -3.65. The van der Waals surface area contributed by atoms with Crippen LogP contribution in [0.2, 0.25) is 0 Å². The number of carbonyl (C=O) groups excluding carboxylic acids is 2. The highest BCUT2D eigenvalue weighted by Crippen LogP contribution is 2.26. The molecule has 0 spiro atoms. The molecule has 2 amide bonds. The molecule has 7 nitrogen and oxygen atoms in total. The molecule has 0 saturated heterocycles. The molecule has 0 aliphatic carbocycles. The zero-order chi connectivity index (χ0) is 29.4. The summed E-state index contributed by atoms with van der Waals surface area (Å²) in [6.45, 7) is 11.8. The van der Waals surface area contributed by atoms with Crippen molar-refractivity contribution in [3.8, 4) is 0 Å². The third kappa shape index (κ3) is 7.94.